The number of carbonyl (C=O) groups is 1. The molecule has 0 aliphatic heterocycles. The Morgan fingerprint density at radius 1 is 1.42 bits per heavy atom. The summed E-state index contributed by atoms with van der Waals surface area (Å²) in [5.74, 6) is 0.0365. The van der Waals surface area contributed by atoms with Crippen molar-refractivity contribution in [3.05, 3.63) is 56.7 Å². The summed E-state index contributed by atoms with van der Waals surface area (Å²) in [7, 11) is 0. The molecule has 0 saturated carbocycles. The second-order valence-electron chi connectivity index (χ2n) is 5.70. The number of aromatic nitrogens is 3. The Hall–Kier alpha value is -1.99. The Morgan fingerprint density at radius 3 is 2.92 bits per heavy atom. The molecule has 0 bridgehead atoms. The Balaban J connectivity index is 1.68. The molecule has 3 aromatic rings. The Labute approximate surface area is 149 Å². The minimum atomic E-state index is -0.0766. The molecular weight excluding hydrogens is 340 g/mol. The minimum Gasteiger partial charge on any atom is -0.346 e. The third kappa shape index (κ3) is 4.30. The summed E-state index contributed by atoms with van der Waals surface area (Å²) < 4.78 is 1.91. The molecule has 24 heavy (non-hydrogen) atoms. The van der Waals surface area contributed by atoms with E-state index in [1.807, 2.05) is 17.7 Å². The predicted molar refractivity (Wildman–Crippen MR) is 97.3 cm³/mol. The fourth-order valence-electron chi connectivity index (χ4n) is 2.41. The van der Waals surface area contributed by atoms with Crippen LogP contribution in [0.3, 0.4) is 0 Å². The van der Waals surface area contributed by atoms with Crippen molar-refractivity contribution in [2.24, 2.45) is 0 Å². The first-order valence-corrected chi connectivity index (χ1v) is 9.58. The number of rotatable bonds is 7. The first-order chi connectivity index (χ1) is 11.6. The SMILES string of the molecule is Cc1nc(C(Cc2ccsc2)NC(=O)CCn2ccnc2)sc1C. The van der Waals surface area contributed by atoms with Crippen LogP contribution in [0.1, 0.15) is 33.6 Å². The second-order valence-corrected chi connectivity index (χ2v) is 7.71. The van der Waals surface area contributed by atoms with Gasteiger partial charge in [0.05, 0.1) is 18.1 Å². The van der Waals surface area contributed by atoms with Gasteiger partial charge in [-0.15, -0.1) is 11.3 Å². The number of carbonyl (C=O) groups excluding carboxylic acids is 1. The number of hydrogen-bond donors (Lipinski definition) is 1. The summed E-state index contributed by atoms with van der Waals surface area (Å²) in [5, 5.41) is 8.32. The number of aryl methyl sites for hydroxylation is 3. The Bertz CT molecular complexity index is 758. The van der Waals surface area contributed by atoms with Gasteiger partial charge < -0.3 is 9.88 Å². The molecule has 3 rings (SSSR count). The molecule has 1 atom stereocenters. The maximum atomic E-state index is 12.4. The van der Waals surface area contributed by atoms with Gasteiger partial charge in [0.2, 0.25) is 5.91 Å². The zero-order valence-electron chi connectivity index (χ0n) is 13.7. The largest absolute Gasteiger partial charge is 0.346 e. The van der Waals surface area contributed by atoms with Crippen LogP contribution >= 0.6 is 22.7 Å². The zero-order valence-corrected chi connectivity index (χ0v) is 15.4. The molecule has 0 aliphatic carbocycles. The third-order valence-corrected chi connectivity index (χ3v) is 5.77. The molecule has 1 amide bonds. The van der Waals surface area contributed by atoms with Crippen LogP contribution in [0.25, 0.3) is 0 Å². The standard InChI is InChI=1S/C17H20N4OS2/c1-12-13(2)24-17(19-12)15(9-14-4-8-23-10-14)20-16(22)3-6-21-7-5-18-11-21/h4-5,7-8,10-11,15H,3,6,9H2,1-2H3,(H,20,22). The van der Waals surface area contributed by atoms with E-state index in [-0.39, 0.29) is 11.9 Å². The second kappa shape index (κ2) is 7.72. The summed E-state index contributed by atoms with van der Waals surface area (Å²) in [6.45, 7) is 4.71. The van der Waals surface area contributed by atoms with Crippen LogP contribution in [0.2, 0.25) is 0 Å². The number of hydrogen-bond acceptors (Lipinski definition) is 5. The molecule has 0 saturated heterocycles. The van der Waals surface area contributed by atoms with E-state index >= 15 is 0 Å². The summed E-state index contributed by atoms with van der Waals surface area (Å²) >= 11 is 3.34. The lowest BCUT2D eigenvalue weighted by Crippen LogP contribution is -2.30. The van der Waals surface area contributed by atoms with Crippen molar-refractivity contribution in [1.29, 1.82) is 0 Å². The first-order valence-electron chi connectivity index (χ1n) is 7.82. The number of nitrogens with one attached hydrogen (secondary N) is 1. The van der Waals surface area contributed by atoms with Gasteiger partial charge in [-0.3, -0.25) is 4.79 Å². The quantitative estimate of drug-likeness (QED) is 0.701. The van der Waals surface area contributed by atoms with Crippen molar-refractivity contribution in [3.63, 3.8) is 0 Å². The van der Waals surface area contributed by atoms with E-state index in [9.17, 15) is 4.79 Å². The van der Waals surface area contributed by atoms with Crippen molar-refractivity contribution in [1.82, 2.24) is 19.9 Å². The Morgan fingerprint density at radius 2 is 2.29 bits per heavy atom. The van der Waals surface area contributed by atoms with Crippen LogP contribution in [0.4, 0.5) is 0 Å². The number of thiazole rings is 1. The molecule has 5 nitrogen and oxygen atoms in total. The number of nitrogens with zero attached hydrogens (tertiary/aromatic N) is 3. The van der Waals surface area contributed by atoms with Gasteiger partial charge in [0.15, 0.2) is 0 Å². The number of imidazole rings is 1. The van der Waals surface area contributed by atoms with Crippen molar-refractivity contribution in [3.8, 4) is 0 Å². The van der Waals surface area contributed by atoms with Crippen LogP contribution in [-0.4, -0.2) is 20.4 Å². The topological polar surface area (TPSA) is 59.8 Å². The van der Waals surface area contributed by atoms with Gasteiger partial charge >= 0.3 is 0 Å². The highest BCUT2D eigenvalue weighted by molar-refractivity contribution is 7.11. The summed E-state index contributed by atoms with van der Waals surface area (Å²) in [6, 6.07) is 2.02. The third-order valence-electron chi connectivity index (χ3n) is 3.85. The van der Waals surface area contributed by atoms with Crippen molar-refractivity contribution in [2.45, 2.75) is 39.3 Å². The van der Waals surface area contributed by atoms with E-state index in [1.165, 1.54) is 10.4 Å². The fraction of sp³-hybridized carbons (Fsp3) is 0.353. The van der Waals surface area contributed by atoms with E-state index in [0.717, 1.165) is 17.1 Å². The molecule has 126 valence electrons. The zero-order chi connectivity index (χ0) is 16.9. The normalized spacial score (nSPS) is 12.2. The van der Waals surface area contributed by atoms with Gasteiger partial charge in [-0.1, -0.05) is 0 Å². The van der Waals surface area contributed by atoms with Crippen molar-refractivity contribution >= 4 is 28.6 Å². The van der Waals surface area contributed by atoms with Crippen LogP contribution in [0, 0.1) is 13.8 Å². The van der Waals surface area contributed by atoms with E-state index in [1.54, 1.807) is 35.2 Å². The maximum absolute atomic E-state index is 12.4. The molecule has 0 aliphatic rings. The van der Waals surface area contributed by atoms with Gasteiger partial charge in [-0.2, -0.15) is 11.3 Å². The monoisotopic (exact) mass is 360 g/mol. The molecule has 1 unspecified atom stereocenters. The molecular formula is C17H20N4OS2. The van der Waals surface area contributed by atoms with Crippen LogP contribution in [0.5, 0.6) is 0 Å². The van der Waals surface area contributed by atoms with E-state index in [0.29, 0.717) is 13.0 Å². The van der Waals surface area contributed by atoms with E-state index in [4.69, 9.17) is 0 Å². The van der Waals surface area contributed by atoms with Gasteiger partial charge in [-0.25, -0.2) is 9.97 Å². The average Bonchev–Trinajstić information content (AvgIpc) is 3.29. The summed E-state index contributed by atoms with van der Waals surface area (Å²) in [5.41, 5.74) is 2.27. The predicted octanol–water partition coefficient (Wildman–Crippen LogP) is 3.51. The Kier molecular flexibility index (Phi) is 5.42. The highest BCUT2D eigenvalue weighted by Gasteiger charge is 2.19. The summed E-state index contributed by atoms with van der Waals surface area (Å²) in [6.07, 6.45) is 6.51. The summed E-state index contributed by atoms with van der Waals surface area (Å²) in [4.78, 5) is 22.2. The van der Waals surface area contributed by atoms with Crippen LogP contribution < -0.4 is 5.32 Å². The van der Waals surface area contributed by atoms with Crippen molar-refractivity contribution < 1.29 is 4.79 Å². The first kappa shape index (κ1) is 16.9. The molecule has 3 heterocycles. The molecule has 0 radical (unpaired) electrons. The number of amides is 1. The van der Waals surface area contributed by atoms with E-state index < -0.39 is 0 Å². The van der Waals surface area contributed by atoms with Crippen molar-refractivity contribution in [2.75, 3.05) is 0 Å². The van der Waals surface area contributed by atoms with Crippen LogP contribution in [0.15, 0.2) is 35.5 Å². The lowest BCUT2D eigenvalue weighted by molar-refractivity contribution is -0.122. The highest BCUT2D eigenvalue weighted by Crippen LogP contribution is 2.26. The van der Waals surface area contributed by atoms with Gasteiger partial charge in [-0.05, 0) is 36.2 Å². The van der Waals surface area contributed by atoms with Crippen LogP contribution in [-0.2, 0) is 17.8 Å². The molecule has 0 aromatic carbocycles. The average molecular weight is 361 g/mol. The molecule has 3 aromatic heterocycles. The maximum Gasteiger partial charge on any atom is 0.222 e. The molecule has 0 spiro atoms. The smallest absolute Gasteiger partial charge is 0.222 e. The highest BCUT2D eigenvalue weighted by atomic mass is 32.1. The van der Waals surface area contributed by atoms with Gasteiger partial charge in [0, 0.05) is 36.7 Å². The van der Waals surface area contributed by atoms with Gasteiger partial charge in [0.25, 0.3) is 0 Å². The molecule has 1 N–H and O–H groups in total. The van der Waals surface area contributed by atoms with Gasteiger partial charge in [0.1, 0.15) is 5.01 Å². The number of thiophene rings is 1. The lowest BCUT2D eigenvalue weighted by atomic mass is 10.1. The van der Waals surface area contributed by atoms with E-state index in [2.05, 4.69) is 39.0 Å². The molecule has 0 fully saturated rings. The fourth-order valence-corrected chi connectivity index (χ4v) is 4.06. The molecule has 7 heteroatoms. The lowest BCUT2D eigenvalue weighted by Gasteiger charge is -2.16. The minimum absolute atomic E-state index is 0.0365.